The van der Waals surface area contributed by atoms with Gasteiger partial charge >= 0.3 is 0 Å². The van der Waals surface area contributed by atoms with Gasteiger partial charge in [-0.1, -0.05) is 6.92 Å². The smallest absolute Gasteiger partial charge is 0.222 e. The van der Waals surface area contributed by atoms with Gasteiger partial charge in [-0.05, 0) is 25.9 Å². The highest BCUT2D eigenvalue weighted by atomic mass is 19.1. The van der Waals surface area contributed by atoms with Crippen LogP contribution in [0.4, 0.5) is 8.78 Å². The van der Waals surface area contributed by atoms with Gasteiger partial charge in [-0.2, -0.15) is 8.78 Å². The Morgan fingerprint density at radius 1 is 1.20 bits per heavy atom. The van der Waals surface area contributed by atoms with Crippen molar-refractivity contribution in [3.8, 4) is 0 Å². The van der Waals surface area contributed by atoms with Crippen LogP contribution in [0.2, 0.25) is 0 Å². The topological polar surface area (TPSA) is 29.0 Å². The molecule has 0 spiro atoms. The fraction of sp³-hybridized carbons (Fsp3) is 0.600. The second-order valence-electron chi connectivity index (χ2n) is 3.68. The maximum atomic E-state index is 13.3. The molecule has 0 radical (unpaired) electrons. The zero-order valence-corrected chi connectivity index (χ0v) is 8.63. The van der Waals surface area contributed by atoms with Gasteiger partial charge < -0.3 is 0 Å². The molecule has 0 aliphatic carbocycles. The van der Waals surface area contributed by atoms with Crippen LogP contribution in [0.1, 0.15) is 24.7 Å². The average Bonchev–Trinajstić information content (AvgIpc) is 2.11. The third-order valence-corrected chi connectivity index (χ3v) is 2.62. The summed E-state index contributed by atoms with van der Waals surface area (Å²) in [6.45, 7) is 4.04. The number of hydrogen-bond acceptors (Lipinski definition) is 3. The normalized spacial score (nSPS) is 16.5. The lowest BCUT2D eigenvalue weighted by atomic mass is 10.2. The zero-order valence-electron chi connectivity index (χ0n) is 8.63. The molecule has 0 N–H and O–H groups in total. The highest BCUT2D eigenvalue weighted by Crippen LogP contribution is 2.13. The third kappa shape index (κ3) is 2.12. The van der Waals surface area contributed by atoms with Crippen molar-refractivity contribution in [1.82, 2.24) is 14.9 Å². The molecule has 0 unspecified atom stereocenters. The minimum Gasteiger partial charge on any atom is -0.296 e. The summed E-state index contributed by atoms with van der Waals surface area (Å²) in [5.74, 6) is -1.21. The molecule has 1 aromatic heterocycles. The molecule has 82 valence electrons. The highest BCUT2D eigenvalue weighted by Gasteiger charge is 2.18. The molecule has 2 heterocycles. The van der Waals surface area contributed by atoms with E-state index in [0.717, 1.165) is 19.5 Å². The van der Waals surface area contributed by atoms with E-state index in [1.54, 1.807) is 6.92 Å². The first kappa shape index (κ1) is 10.4. The Balaban J connectivity index is 2.18. The number of nitrogens with zero attached hydrogens (tertiary/aromatic N) is 3. The Bertz CT molecular complexity index is 341. The molecule has 5 heteroatoms. The molecule has 2 rings (SSSR count). The summed E-state index contributed by atoms with van der Waals surface area (Å²) < 4.78 is 26.5. The predicted octanol–water partition coefficient (Wildman–Crippen LogP) is 1.52. The standard InChI is InChI=1S/C10H13F2N3/c1-2-7-9(11)13-8(14-10(7)12)6-15-4-3-5-15/h2-6H2,1H3. The minimum atomic E-state index is -0.722. The number of aromatic nitrogens is 2. The molecular formula is C10H13F2N3. The van der Waals surface area contributed by atoms with Gasteiger partial charge in [0, 0.05) is 0 Å². The molecule has 0 aromatic carbocycles. The zero-order chi connectivity index (χ0) is 10.8. The van der Waals surface area contributed by atoms with Crippen LogP contribution < -0.4 is 0 Å². The van der Waals surface area contributed by atoms with Crippen LogP contribution in [0.3, 0.4) is 0 Å². The lowest BCUT2D eigenvalue weighted by molar-refractivity contribution is 0.166. The first-order valence-corrected chi connectivity index (χ1v) is 5.14. The lowest BCUT2D eigenvalue weighted by Crippen LogP contribution is -2.37. The SMILES string of the molecule is CCc1c(F)nc(CN2CCC2)nc1F. The van der Waals surface area contributed by atoms with Gasteiger partial charge in [0.25, 0.3) is 0 Å². The van der Waals surface area contributed by atoms with E-state index in [9.17, 15) is 8.78 Å². The summed E-state index contributed by atoms with van der Waals surface area (Å²) >= 11 is 0. The van der Waals surface area contributed by atoms with Gasteiger partial charge in [0.15, 0.2) is 0 Å². The summed E-state index contributed by atoms with van der Waals surface area (Å²) in [4.78, 5) is 9.39. The van der Waals surface area contributed by atoms with E-state index in [4.69, 9.17) is 0 Å². The number of likely N-dealkylation sites (tertiary alicyclic amines) is 1. The maximum Gasteiger partial charge on any atom is 0.222 e. The highest BCUT2D eigenvalue weighted by molar-refractivity contribution is 5.09. The third-order valence-electron chi connectivity index (χ3n) is 2.62. The van der Waals surface area contributed by atoms with E-state index in [2.05, 4.69) is 14.9 Å². The Morgan fingerprint density at radius 3 is 2.20 bits per heavy atom. The van der Waals surface area contributed by atoms with Gasteiger partial charge in [-0.15, -0.1) is 0 Å². The van der Waals surface area contributed by atoms with Crippen molar-refractivity contribution in [2.45, 2.75) is 26.3 Å². The molecule has 3 nitrogen and oxygen atoms in total. The summed E-state index contributed by atoms with van der Waals surface area (Å²) in [6.07, 6.45) is 1.42. The second kappa shape index (κ2) is 4.18. The van der Waals surface area contributed by atoms with Crippen molar-refractivity contribution < 1.29 is 8.78 Å². The van der Waals surface area contributed by atoms with E-state index >= 15 is 0 Å². The first-order valence-electron chi connectivity index (χ1n) is 5.14. The molecule has 1 saturated heterocycles. The Kier molecular flexibility index (Phi) is 2.90. The summed E-state index contributed by atoms with van der Waals surface area (Å²) in [6, 6.07) is 0. The Labute approximate surface area is 87.1 Å². The molecule has 0 saturated carbocycles. The molecule has 0 atom stereocenters. The predicted molar refractivity (Wildman–Crippen MR) is 51.2 cm³/mol. The van der Waals surface area contributed by atoms with E-state index < -0.39 is 11.9 Å². The van der Waals surface area contributed by atoms with Gasteiger partial charge in [0.1, 0.15) is 5.82 Å². The van der Waals surface area contributed by atoms with Gasteiger partial charge in [0.05, 0.1) is 12.1 Å². The molecule has 15 heavy (non-hydrogen) atoms. The van der Waals surface area contributed by atoms with E-state index in [-0.39, 0.29) is 17.8 Å². The molecule has 1 fully saturated rings. The van der Waals surface area contributed by atoms with Crippen molar-refractivity contribution >= 4 is 0 Å². The Hall–Kier alpha value is -1.10. The quantitative estimate of drug-likeness (QED) is 0.713. The summed E-state index contributed by atoms with van der Waals surface area (Å²) in [5.41, 5.74) is -0.0256. The first-order chi connectivity index (χ1) is 7.20. The van der Waals surface area contributed by atoms with Crippen LogP contribution in [0.25, 0.3) is 0 Å². The van der Waals surface area contributed by atoms with Crippen LogP contribution in [0, 0.1) is 11.9 Å². The van der Waals surface area contributed by atoms with Crippen molar-refractivity contribution in [2.24, 2.45) is 0 Å². The molecule has 0 amide bonds. The molecule has 0 bridgehead atoms. The average molecular weight is 213 g/mol. The number of rotatable bonds is 3. The largest absolute Gasteiger partial charge is 0.296 e. The molecule has 1 aromatic rings. The van der Waals surface area contributed by atoms with Crippen LogP contribution in [-0.2, 0) is 13.0 Å². The fourth-order valence-corrected chi connectivity index (χ4v) is 1.57. The summed E-state index contributed by atoms with van der Waals surface area (Å²) in [7, 11) is 0. The van der Waals surface area contributed by atoms with Crippen molar-refractivity contribution in [3.63, 3.8) is 0 Å². The minimum absolute atomic E-state index is 0.0256. The van der Waals surface area contributed by atoms with Crippen molar-refractivity contribution in [3.05, 3.63) is 23.3 Å². The monoisotopic (exact) mass is 213 g/mol. The maximum absolute atomic E-state index is 13.3. The molecular weight excluding hydrogens is 200 g/mol. The number of halogens is 2. The van der Waals surface area contributed by atoms with Crippen LogP contribution in [0.5, 0.6) is 0 Å². The van der Waals surface area contributed by atoms with Crippen LogP contribution >= 0.6 is 0 Å². The van der Waals surface area contributed by atoms with E-state index in [1.165, 1.54) is 0 Å². The molecule has 1 aliphatic heterocycles. The van der Waals surface area contributed by atoms with Crippen LogP contribution in [-0.4, -0.2) is 28.0 Å². The number of hydrogen-bond donors (Lipinski definition) is 0. The van der Waals surface area contributed by atoms with E-state index in [1.807, 2.05) is 0 Å². The summed E-state index contributed by atoms with van der Waals surface area (Å²) in [5, 5.41) is 0. The Morgan fingerprint density at radius 2 is 1.80 bits per heavy atom. The fourth-order valence-electron chi connectivity index (χ4n) is 1.57. The van der Waals surface area contributed by atoms with Crippen molar-refractivity contribution in [2.75, 3.05) is 13.1 Å². The van der Waals surface area contributed by atoms with E-state index in [0.29, 0.717) is 6.54 Å². The molecule has 1 aliphatic rings. The van der Waals surface area contributed by atoms with Gasteiger partial charge in [-0.25, -0.2) is 9.97 Å². The van der Waals surface area contributed by atoms with Crippen LogP contribution in [0.15, 0.2) is 0 Å². The lowest BCUT2D eigenvalue weighted by Gasteiger charge is -2.29. The van der Waals surface area contributed by atoms with Gasteiger partial charge in [0.2, 0.25) is 11.9 Å². The van der Waals surface area contributed by atoms with Gasteiger partial charge in [-0.3, -0.25) is 4.90 Å². The second-order valence-corrected chi connectivity index (χ2v) is 3.68. The van der Waals surface area contributed by atoms with Crippen molar-refractivity contribution in [1.29, 1.82) is 0 Å².